The van der Waals surface area contributed by atoms with Gasteiger partial charge >= 0.3 is 0 Å². The minimum Gasteiger partial charge on any atom is -0.324 e. The zero-order chi connectivity index (χ0) is 11.4. The lowest BCUT2D eigenvalue weighted by Crippen LogP contribution is -2.25. The van der Waals surface area contributed by atoms with Crippen molar-refractivity contribution in [3.05, 3.63) is 28.8 Å². The minimum atomic E-state index is -0.00690. The van der Waals surface area contributed by atoms with E-state index in [9.17, 15) is 4.79 Å². The van der Waals surface area contributed by atoms with Crippen LogP contribution in [0.15, 0.2) is 12.1 Å². The summed E-state index contributed by atoms with van der Waals surface area (Å²) in [6.07, 6.45) is 0. The Kier molecular flexibility index (Phi) is 3.86. The van der Waals surface area contributed by atoms with E-state index in [0.29, 0.717) is 6.54 Å². The van der Waals surface area contributed by atoms with Crippen molar-refractivity contribution < 1.29 is 4.79 Å². The summed E-state index contributed by atoms with van der Waals surface area (Å²) in [5, 5.41) is 5.73. The molecule has 0 atom stereocenters. The fourth-order valence-electron chi connectivity index (χ4n) is 1.72. The predicted molar refractivity (Wildman–Crippen MR) is 63.2 cm³/mol. The lowest BCUT2D eigenvalue weighted by atomic mass is 10.1. The molecule has 0 unspecified atom stereocenters. The van der Waals surface area contributed by atoms with Crippen LogP contribution in [0.4, 0.5) is 5.69 Å². The highest BCUT2D eigenvalue weighted by atomic mass is 16.1. The lowest BCUT2D eigenvalue weighted by molar-refractivity contribution is -0.115. The third-order valence-corrected chi connectivity index (χ3v) is 2.28. The molecule has 0 aromatic heterocycles. The quantitative estimate of drug-likeness (QED) is 0.791. The monoisotopic (exact) mass is 206 g/mol. The first-order valence-corrected chi connectivity index (χ1v) is 5.07. The SMILES string of the molecule is CNCC(=O)Nc1c(C)cc(C)cc1C. The van der Waals surface area contributed by atoms with Gasteiger partial charge in [-0.05, 0) is 38.9 Å². The Morgan fingerprint density at radius 2 is 1.73 bits per heavy atom. The first-order chi connectivity index (χ1) is 7.04. The Balaban J connectivity index is 2.90. The molecule has 0 heterocycles. The Morgan fingerprint density at radius 1 is 1.20 bits per heavy atom. The van der Waals surface area contributed by atoms with Gasteiger partial charge in [-0.2, -0.15) is 0 Å². The van der Waals surface area contributed by atoms with Crippen LogP contribution in [0, 0.1) is 20.8 Å². The van der Waals surface area contributed by atoms with Gasteiger partial charge in [-0.1, -0.05) is 17.7 Å². The molecule has 1 amide bonds. The smallest absolute Gasteiger partial charge is 0.238 e. The summed E-state index contributed by atoms with van der Waals surface area (Å²) in [5.74, 6) is -0.00690. The fraction of sp³-hybridized carbons (Fsp3) is 0.417. The van der Waals surface area contributed by atoms with Gasteiger partial charge in [0.1, 0.15) is 0 Å². The van der Waals surface area contributed by atoms with Crippen molar-refractivity contribution in [1.82, 2.24) is 5.32 Å². The second-order valence-electron chi connectivity index (χ2n) is 3.85. The summed E-state index contributed by atoms with van der Waals surface area (Å²) in [7, 11) is 1.76. The highest BCUT2D eigenvalue weighted by molar-refractivity contribution is 5.93. The molecule has 2 N–H and O–H groups in total. The van der Waals surface area contributed by atoms with Crippen molar-refractivity contribution in [2.24, 2.45) is 0 Å². The molecule has 0 aliphatic rings. The van der Waals surface area contributed by atoms with Crippen LogP contribution < -0.4 is 10.6 Å². The Morgan fingerprint density at radius 3 is 2.20 bits per heavy atom. The second-order valence-corrected chi connectivity index (χ2v) is 3.85. The Labute approximate surface area is 90.9 Å². The Hall–Kier alpha value is -1.35. The van der Waals surface area contributed by atoms with Gasteiger partial charge < -0.3 is 10.6 Å². The number of aryl methyl sites for hydroxylation is 3. The standard InChI is InChI=1S/C12H18N2O/c1-8-5-9(2)12(10(3)6-8)14-11(15)7-13-4/h5-6,13H,7H2,1-4H3,(H,14,15). The number of amides is 1. The van der Waals surface area contributed by atoms with Crippen LogP contribution in [0.25, 0.3) is 0 Å². The van der Waals surface area contributed by atoms with E-state index in [4.69, 9.17) is 0 Å². The maximum Gasteiger partial charge on any atom is 0.238 e. The number of carbonyl (C=O) groups excluding carboxylic acids is 1. The lowest BCUT2D eigenvalue weighted by Gasteiger charge is -2.12. The number of anilines is 1. The average molecular weight is 206 g/mol. The van der Waals surface area contributed by atoms with Gasteiger partial charge in [-0.3, -0.25) is 4.79 Å². The van der Waals surface area contributed by atoms with Crippen molar-refractivity contribution in [2.75, 3.05) is 18.9 Å². The molecular weight excluding hydrogens is 188 g/mol. The zero-order valence-corrected chi connectivity index (χ0v) is 9.77. The highest BCUT2D eigenvalue weighted by Crippen LogP contribution is 2.21. The van der Waals surface area contributed by atoms with Crippen LogP contribution in [-0.4, -0.2) is 19.5 Å². The molecule has 0 fully saturated rings. The third kappa shape index (κ3) is 3.06. The topological polar surface area (TPSA) is 41.1 Å². The normalized spacial score (nSPS) is 10.1. The molecular formula is C12H18N2O. The van der Waals surface area contributed by atoms with Gasteiger partial charge in [0.05, 0.1) is 6.54 Å². The molecule has 15 heavy (non-hydrogen) atoms. The number of likely N-dealkylation sites (N-methyl/N-ethyl adjacent to an activating group) is 1. The summed E-state index contributed by atoms with van der Waals surface area (Å²) in [6.45, 7) is 6.41. The highest BCUT2D eigenvalue weighted by Gasteiger charge is 2.06. The van der Waals surface area contributed by atoms with Gasteiger partial charge in [-0.15, -0.1) is 0 Å². The van der Waals surface area contributed by atoms with Crippen molar-refractivity contribution in [2.45, 2.75) is 20.8 Å². The maximum absolute atomic E-state index is 11.4. The molecule has 0 bridgehead atoms. The molecule has 3 heteroatoms. The predicted octanol–water partition coefficient (Wildman–Crippen LogP) is 1.77. The van der Waals surface area contributed by atoms with Crippen LogP contribution in [-0.2, 0) is 4.79 Å². The van der Waals surface area contributed by atoms with E-state index in [-0.39, 0.29) is 5.91 Å². The number of hydrogen-bond donors (Lipinski definition) is 2. The Bertz CT molecular complexity index is 349. The van der Waals surface area contributed by atoms with Crippen molar-refractivity contribution in [3.8, 4) is 0 Å². The fourth-order valence-corrected chi connectivity index (χ4v) is 1.72. The summed E-state index contributed by atoms with van der Waals surface area (Å²) in [4.78, 5) is 11.4. The second kappa shape index (κ2) is 4.94. The van der Waals surface area contributed by atoms with Crippen molar-refractivity contribution in [3.63, 3.8) is 0 Å². The van der Waals surface area contributed by atoms with Gasteiger partial charge in [0.2, 0.25) is 5.91 Å². The number of nitrogens with one attached hydrogen (secondary N) is 2. The van der Waals surface area contributed by atoms with E-state index < -0.39 is 0 Å². The summed E-state index contributed by atoms with van der Waals surface area (Å²) < 4.78 is 0. The van der Waals surface area contributed by atoms with E-state index in [0.717, 1.165) is 16.8 Å². The molecule has 1 aromatic rings. The third-order valence-electron chi connectivity index (χ3n) is 2.28. The molecule has 82 valence electrons. The largest absolute Gasteiger partial charge is 0.324 e. The number of hydrogen-bond acceptors (Lipinski definition) is 2. The van der Waals surface area contributed by atoms with E-state index in [1.807, 2.05) is 13.8 Å². The van der Waals surface area contributed by atoms with Gasteiger partial charge in [0.15, 0.2) is 0 Å². The minimum absolute atomic E-state index is 0.00690. The van der Waals surface area contributed by atoms with E-state index in [2.05, 4.69) is 29.7 Å². The van der Waals surface area contributed by atoms with Gasteiger partial charge in [0.25, 0.3) is 0 Å². The molecule has 0 aliphatic heterocycles. The molecule has 0 aliphatic carbocycles. The molecule has 0 radical (unpaired) electrons. The number of benzene rings is 1. The maximum atomic E-state index is 11.4. The molecule has 0 saturated heterocycles. The summed E-state index contributed by atoms with van der Waals surface area (Å²) in [5.41, 5.74) is 4.37. The number of carbonyl (C=O) groups is 1. The van der Waals surface area contributed by atoms with Gasteiger partial charge in [0, 0.05) is 5.69 Å². The van der Waals surface area contributed by atoms with Crippen LogP contribution in [0.3, 0.4) is 0 Å². The first-order valence-electron chi connectivity index (χ1n) is 5.07. The van der Waals surface area contributed by atoms with E-state index in [1.54, 1.807) is 7.05 Å². The molecule has 3 nitrogen and oxygen atoms in total. The van der Waals surface area contributed by atoms with Crippen LogP contribution in [0.2, 0.25) is 0 Å². The molecule has 0 saturated carbocycles. The van der Waals surface area contributed by atoms with Gasteiger partial charge in [-0.25, -0.2) is 0 Å². The van der Waals surface area contributed by atoms with Crippen molar-refractivity contribution >= 4 is 11.6 Å². The average Bonchev–Trinajstić information content (AvgIpc) is 2.11. The van der Waals surface area contributed by atoms with Crippen molar-refractivity contribution in [1.29, 1.82) is 0 Å². The summed E-state index contributed by atoms with van der Waals surface area (Å²) in [6, 6.07) is 4.14. The molecule has 1 rings (SSSR count). The first kappa shape index (κ1) is 11.7. The zero-order valence-electron chi connectivity index (χ0n) is 9.77. The van der Waals surface area contributed by atoms with Crippen LogP contribution in [0.1, 0.15) is 16.7 Å². The molecule has 1 aromatic carbocycles. The molecule has 0 spiro atoms. The van der Waals surface area contributed by atoms with Crippen LogP contribution in [0.5, 0.6) is 0 Å². The van der Waals surface area contributed by atoms with E-state index in [1.165, 1.54) is 5.56 Å². The van der Waals surface area contributed by atoms with E-state index >= 15 is 0 Å². The van der Waals surface area contributed by atoms with Crippen LogP contribution >= 0.6 is 0 Å². The number of rotatable bonds is 3. The summed E-state index contributed by atoms with van der Waals surface area (Å²) >= 11 is 0.